The van der Waals surface area contributed by atoms with Crippen LogP contribution in [-0.4, -0.2) is 62.3 Å². The minimum atomic E-state index is -2.97. The Kier molecular flexibility index (Phi) is 6.21. The number of hydrogen-bond donors (Lipinski definition) is 0. The molecule has 2 aliphatic heterocycles. The van der Waals surface area contributed by atoms with E-state index < -0.39 is 12.4 Å². The second-order valence-corrected chi connectivity index (χ2v) is 11.2. The number of aryl methyl sites for hydroxylation is 1. The number of nitrogens with zero attached hydrogens (tertiary/aromatic N) is 5. The topological polar surface area (TPSA) is 74.4 Å². The number of alkyl halides is 2. The zero-order valence-corrected chi connectivity index (χ0v) is 22.2. The third-order valence-electron chi connectivity index (χ3n) is 8.47. The Bertz CT molecular complexity index is 1610. The van der Waals surface area contributed by atoms with Crippen molar-refractivity contribution >= 4 is 28.0 Å². The quantitative estimate of drug-likeness (QED) is 0.321. The van der Waals surface area contributed by atoms with Gasteiger partial charge in [-0.2, -0.15) is 13.8 Å². The SMILES string of the molecule is Cn1c(-c2cc3ccc(OC(F)F)nc3n2CC2CC2)nc2cc(C(=O)N3CC[C@H]4OCCC[C@H]4C3)cc(F)c21. The summed E-state index contributed by atoms with van der Waals surface area (Å²) in [6.07, 6.45) is 5.15. The molecule has 1 aromatic carbocycles. The summed E-state index contributed by atoms with van der Waals surface area (Å²) in [5, 5.41) is 0.746. The Labute approximate surface area is 228 Å². The Morgan fingerprint density at radius 1 is 1.15 bits per heavy atom. The van der Waals surface area contributed by atoms with Crippen molar-refractivity contribution in [3.8, 4) is 17.4 Å². The van der Waals surface area contributed by atoms with Crippen molar-refractivity contribution in [2.45, 2.75) is 51.4 Å². The van der Waals surface area contributed by atoms with E-state index in [4.69, 9.17) is 9.72 Å². The molecule has 2 atom stereocenters. The summed E-state index contributed by atoms with van der Waals surface area (Å²) >= 11 is 0. The van der Waals surface area contributed by atoms with E-state index in [0.717, 1.165) is 44.1 Å². The van der Waals surface area contributed by atoms with Gasteiger partial charge in [-0.3, -0.25) is 4.79 Å². The molecule has 40 heavy (non-hydrogen) atoms. The highest BCUT2D eigenvalue weighted by Gasteiger charge is 2.35. The maximum Gasteiger partial charge on any atom is 0.388 e. The Balaban J connectivity index is 1.26. The number of halogens is 3. The van der Waals surface area contributed by atoms with Crippen LogP contribution in [0.5, 0.6) is 5.88 Å². The lowest BCUT2D eigenvalue weighted by Gasteiger charge is -2.41. The predicted molar refractivity (Wildman–Crippen MR) is 142 cm³/mol. The molecule has 4 aromatic rings. The lowest BCUT2D eigenvalue weighted by Crippen LogP contribution is -2.48. The van der Waals surface area contributed by atoms with Crippen LogP contribution in [0.15, 0.2) is 30.3 Å². The van der Waals surface area contributed by atoms with Crippen molar-refractivity contribution in [3.05, 3.63) is 41.7 Å². The normalized spacial score (nSPS) is 21.4. The lowest BCUT2D eigenvalue weighted by molar-refractivity contribution is -0.0607. The summed E-state index contributed by atoms with van der Waals surface area (Å²) in [7, 11) is 1.74. The molecule has 0 N–H and O–H groups in total. The van der Waals surface area contributed by atoms with E-state index >= 15 is 4.39 Å². The molecule has 1 saturated carbocycles. The third kappa shape index (κ3) is 4.49. The van der Waals surface area contributed by atoms with Crippen LogP contribution in [0.25, 0.3) is 33.6 Å². The van der Waals surface area contributed by atoms with Gasteiger partial charge in [-0.1, -0.05) is 0 Å². The van der Waals surface area contributed by atoms with Gasteiger partial charge in [0.05, 0.1) is 17.3 Å². The summed E-state index contributed by atoms with van der Waals surface area (Å²) in [6, 6.07) is 7.95. The van der Waals surface area contributed by atoms with Crippen LogP contribution in [0.2, 0.25) is 0 Å². The number of likely N-dealkylation sites (tertiary alicyclic amines) is 1. The van der Waals surface area contributed by atoms with Gasteiger partial charge >= 0.3 is 6.61 Å². The first-order valence-electron chi connectivity index (χ1n) is 13.9. The van der Waals surface area contributed by atoms with Gasteiger partial charge < -0.3 is 23.5 Å². The number of carbonyl (C=O) groups excluding carboxylic acids is 1. The molecule has 0 radical (unpaired) electrons. The fourth-order valence-corrected chi connectivity index (χ4v) is 6.30. The van der Waals surface area contributed by atoms with Gasteiger partial charge in [0.15, 0.2) is 5.82 Å². The molecule has 3 fully saturated rings. The molecular weight excluding hydrogens is 523 g/mol. The van der Waals surface area contributed by atoms with Crippen molar-refractivity contribution in [1.29, 1.82) is 0 Å². The molecule has 0 spiro atoms. The first-order valence-corrected chi connectivity index (χ1v) is 13.9. The maximum absolute atomic E-state index is 15.6. The monoisotopic (exact) mass is 553 g/mol. The van der Waals surface area contributed by atoms with Gasteiger partial charge in [0.25, 0.3) is 5.91 Å². The zero-order valence-electron chi connectivity index (χ0n) is 22.2. The second kappa shape index (κ2) is 9.79. The van der Waals surface area contributed by atoms with Gasteiger partial charge in [-0.15, -0.1) is 0 Å². The number of hydrogen-bond acceptors (Lipinski definition) is 5. The summed E-state index contributed by atoms with van der Waals surface area (Å²) < 4.78 is 55.3. The number of carbonyl (C=O) groups is 1. The largest absolute Gasteiger partial charge is 0.417 e. The Hall–Kier alpha value is -3.60. The number of amides is 1. The van der Waals surface area contributed by atoms with E-state index in [9.17, 15) is 13.6 Å². The molecular formula is C29H30F3N5O3. The van der Waals surface area contributed by atoms with Crippen molar-refractivity contribution in [3.63, 3.8) is 0 Å². The van der Waals surface area contributed by atoms with Crippen LogP contribution in [-0.2, 0) is 18.3 Å². The number of piperidine rings is 1. The van der Waals surface area contributed by atoms with Crippen molar-refractivity contribution in [2.24, 2.45) is 18.9 Å². The highest BCUT2D eigenvalue weighted by atomic mass is 19.3. The first-order chi connectivity index (χ1) is 19.4. The summed E-state index contributed by atoms with van der Waals surface area (Å²) in [5.41, 5.74) is 2.17. The molecule has 3 aromatic heterocycles. The molecule has 8 nitrogen and oxygen atoms in total. The van der Waals surface area contributed by atoms with E-state index in [-0.39, 0.29) is 23.5 Å². The number of benzene rings is 1. The third-order valence-corrected chi connectivity index (χ3v) is 8.47. The standard InChI is InChI=1S/C29H30F3N5O3/c1-35-25-20(30)11-19(28(38)36-9-8-23-18(15-36)3-2-10-39-23)12-21(25)33-27(35)22-13-17-6-7-24(40-29(31)32)34-26(17)37(22)14-16-4-5-16/h6-7,11-13,16,18,23,29H,2-5,8-10,14-15H2,1H3/t18-,23+/m0/s1. The first kappa shape index (κ1) is 25.4. The van der Waals surface area contributed by atoms with Gasteiger partial charge in [-0.05, 0) is 62.3 Å². The lowest BCUT2D eigenvalue weighted by atomic mass is 9.88. The van der Waals surface area contributed by atoms with E-state index in [1.165, 1.54) is 12.1 Å². The van der Waals surface area contributed by atoms with Crippen molar-refractivity contribution < 1.29 is 27.4 Å². The molecule has 5 heterocycles. The molecule has 0 unspecified atom stereocenters. The van der Waals surface area contributed by atoms with Gasteiger partial charge in [-0.25, -0.2) is 9.37 Å². The fourth-order valence-electron chi connectivity index (χ4n) is 6.30. The van der Waals surface area contributed by atoms with Crippen LogP contribution in [0, 0.1) is 17.7 Å². The van der Waals surface area contributed by atoms with Gasteiger partial charge in [0.1, 0.15) is 17.0 Å². The van der Waals surface area contributed by atoms with Crippen LogP contribution >= 0.6 is 0 Å². The summed E-state index contributed by atoms with van der Waals surface area (Å²) in [6.45, 7) is -0.362. The minimum absolute atomic E-state index is 0.160. The highest BCUT2D eigenvalue weighted by Crippen LogP contribution is 2.37. The number of fused-ring (bicyclic) bond motifs is 3. The molecule has 2 saturated heterocycles. The molecule has 1 amide bonds. The van der Waals surface area contributed by atoms with E-state index in [2.05, 4.69) is 9.72 Å². The van der Waals surface area contributed by atoms with Crippen molar-refractivity contribution in [2.75, 3.05) is 19.7 Å². The highest BCUT2D eigenvalue weighted by molar-refractivity contribution is 5.98. The summed E-state index contributed by atoms with van der Waals surface area (Å²) in [5.74, 6) is 0.394. The number of rotatable bonds is 6. The zero-order chi connectivity index (χ0) is 27.5. The summed E-state index contributed by atoms with van der Waals surface area (Å²) in [4.78, 5) is 24.4. The van der Waals surface area contributed by atoms with E-state index in [0.29, 0.717) is 59.7 Å². The average Bonchev–Trinajstić information content (AvgIpc) is 3.61. The minimum Gasteiger partial charge on any atom is -0.417 e. The van der Waals surface area contributed by atoms with E-state index in [1.54, 1.807) is 28.6 Å². The molecule has 7 rings (SSSR count). The molecule has 1 aliphatic carbocycles. The molecule has 3 aliphatic rings. The Morgan fingerprint density at radius 3 is 2.80 bits per heavy atom. The average molecular weight is 554 g/mol. The van der Waals surface area contributed by atoms with Gasteiger partial charge in [0, 0.05) is 56.2 Å². The Morgan fingerprint density at radius 2 is 2.00 bits per heavy atom. The smallest absolute Gasteiger partial charge is 0.388 e. The molecule has 0 bridgehead atoms. The second-order valence-electron chi connectivity index (χ2n) is 11.2. The van der Waals surface area contributed by atoms with E-state index in [1.807, 2.05) is 10.6 Å². The van der Waals surface area contributed by atoms with Crippen LogP contribution < -0.4 is 4.74 Å². The van der Waals surface area contributed by atoms with Crippen LogP contribution in [0.3, 0.4) is 0 Å². The van der Waals surface area contributed by atoms with Gasteiger partial charge in [0.2, 0.25) is 5.88 Å². The van der Waals surface area contributed by atoms with Crippen molar-refractivity contribution in [1.82, 2.24) is 24.0 Å². The molecule has 210 valence electrons. The maximum atomic E-state index is 15.6. The number of aromatic nitrogens is 4. The fraction of sp³-hybridized carbons (Fsp3) is 0.483. The number of ether oxygens (including phenoxy) is 2. The number of imidazole rings is 1. The predicted octanol–water partition coefficient (Wildman–Crippen LogP) is 5.38. The molecule has 11 heteroatoms. The van der Waals surface area contributed by atoms with Crippen LogP contribution in [0.4, 0.5) is 13.2 Å². The number of pyridine rings is 1. The van der Waals surface area contributed by atoms with Crippen LogP contribution in [0.1, 0.15) is 42.5 Å².